The molecule has 3 rings (SSSR count). The van der Waals surface area contributed by atoms with Gasteiger partial charge in [0.15, 0.2) is 0 Å². The number of aliphatic hydroxyl groups is 2. The van der Waals surface area contributed by atoms with Crippen LogP contribution in [0.1, 0.15) is 57.4 Å². The molecule has 158 valence electrons. The predicted octanol–water partition coefficient (Wildman–Crippen LogP) is 3.75. The minimum Gasteiger partial charge on any atom is -0.393 e. The van der Waals surface area contributed by atoms with E-state index in [1.807, 2.05) is 45.0 Å². The SMILES string of the molecule is Cc1ccc(-c2cc(C(=O)N[C@H](C)c3ccc(C)nc3)cc(C(O)CO)c2)c(C#N)c1. The van der Waals surface area contributed by atoms with Gasteiger partial charge in [-0.05, 0) is 78.9 Å². The van der Waals surface area contributed by atoms with Gasteiger partial charge in [0.1, 0.15) is 6.10 Å². The Balaban J connectivity index is 2.00. The summed E-state index contributed by atoms with van der Waals surface area (Å²) in [5, 5.41) is 32.1. The highest BCUT2D eigenvalue weighted by atomic mass is 16.3. The highest BCUT2D eigenvalue weighted by Crippen LogP contribution is 2.29. The molecule has 0 aliphatic heterocycles. The molecule has 0 saturated heterocycles. The van der Waals surface area contributed by atoms with E-state index in [1.54, 1.807) is 30.5 Å². The number of nitrogens with one attached hydrogen (secondary N) is 1. The number of aromatic nitrogens is 1. The summed E-state index contributed by atoms with van der Waals surface area (Å²) in [6, 6.07) is 16.1. The van der Waals surface area contributed by atoms with E-state index < -0.39 is 12.7 Å². The Hall–Kier alpha value is -3.53. The van der Waals surface area contributed by atoms with Crippen molar-refractivity contribution in [1.29, 1.82) is 5.26 Å². The third-order valence-electron chi connectivity index (χ3n) is 5.16. The summed E-state index contributed by atoms with van der Waals surface area (Å²) in [4.78, 5) is 17.3. The minimum absolute atomic E-state index is 0.274. The summed E-state index contributed by atoms with van der Waals surface area (Å²) in [5.74, 6) is -0.327. The highest BCUT2D eigenvalue weighted by molar-refractivity contribution is 5.96. The van der Waals surface area contributed by atoms with Gasteiger partial charge < -0.3 is 15.5 Å². The standard InChI is InChI=1S/C25H25N3O3/c1-15-4-7-23(22(8-15)12-26)19-9-20(24(30)14-29)11-21(10-19)25(31)28-17(3)18-6-5-16(2)27-13-18/h4-11,13,17,24,29-30H,14H2,1-3H3,(H,28,31)/t17-,24?/m1/s1. The van der Waals surface area contributed by atoms with Gasteiger partial charge in [-0.3, -0.25) is 9.78 Å². The number of nitrogens with zero attached hydrogens (tertiary/aromatic N) is 2. The van der Waals surface area contributed by atoms with Crippen LogP contribution in [-0.4, -0.2) is 27.7 Å². The molecule has 1 unspecified atom stereocenters. The van der Waals surface area contributed by atoms with Crippen LogP contribution in [0.15, 0.2) is 54.7 Å². The predicted molar refractivity (Wildman–Crippen MR) is 118 cm³/mol. The van der Waals surface area contributed by atoms with E-state index in [0.29, 0.717) is 27.8 Å². The number of hydrogen-bond acceptors (Lipinski definition) is 5. The van der Waals surface area contributed by atoms with Gasteiger partial charge in [-0.2, -0.15) is 5.26 Å². The summed E-state index contributed by atoms with van der Waals surface area (Å²) in [5.41, 5.74) is 5.20. The zero-order chi connectivity index (χ0) is 22.5. The Morgan fingerprint density at radius 3 is 2.55 bits per heavy atom. The number of aliphatic hydroxyl groups excluding tert-OH is 2. The molecule has 0 radical (unpaired) electrons. The second-order valence-electron chi connectivity index (χ2n) is 7.63. The van der Waals surface area contributed by atoms with Crippen LogP contribution in [0.5, 0.6) is 0 Å². The molecule has 31 heavy (non-hydrogen) atoms. The lowest BCUT2D eigenvalue weighted by atomic mass is 9.93. The maximum absolute atomic E-state index is 13.0. The molecule has 0 aliphatic carbocycles. The zero-order valence-electron chi connectivity index (χ0n) is 17.8. The number of hydrogen-bond donors (Lipinski definition) is 3. The number of rotatable bonds is 6. The van der Waals surface area contributed by atoms with E-state index in [9.17, 15) is 20.3 Å². The highest BCUT2D eigenvalue weighted by Gasteiger charge is 2.17. The summed E-state index contributed by atoms with van der Waals surface area (Å²) >= 11 is 0. The van der Waals surface area contributed by atoms with Gasteiger partial charge in [-0.25, -0.2) is 0 Å². The van der Waals surface area contributed by atoms with Crippen molar-refractivity contribution in [2.45, 2.75) is 32.9 Å². The normalized spacial score (nSPS) is 12.6. The Labute approximate surface area is 181 Å². The number of pyridine rings is 1. The topological polar surface area (TPSA) is 106 Å². The fraction of sp³-hybridized carbons (Fsp3) is 0.240. The molecule has 2 aromatic carbocycles. The zero-order valence-corrected chi connectivity index (χ0v) is 17.8. The largest absolute Gasteiger partial charge is 0.393 e. The molecule has 1 amide bonds. The van der Waals surface area contributed by atoms with Gasteiger partial charge in [0.05, 0.1) is 24.3 Å². The molecule has 0 bridgehead atoms. The number of carbonyl (C=O) groups excluding carboxylic acids is 1. The third-order valence-corrected chi connectivity index (χ3v) is 5.16. The number of benzene rings is 2. The van der Waals surface area contributed by atoms with Crippen LogP contribution in [0.4, 0.5) is 0 Å². The summed E-state index contributed by atoms with van der Waals surface area (Å²) in [6.45, 7) is 5.18. The van der Waals surface area contributed by atoms with Crippen molar-refractivity contribution in [2.24, 2.45) is 0 Å². The van der Waals surface area contributed by atoms with Gasteiger partial charge in [-0.15, -0.1) is 0 Å². The number of carbonyl (C=O) groups is 1. The maximum atomic E-state index is 13.0. The molecule has 0 spiro atoms. The van der Waals surface area contributed by atoms with Gasteiger partial charge in [0, 0.05) is 17.5 Å². The molecule has 3 aromatic rings. The molecule has 0 aliphatic rings. The molecular weight excluding hydrogens is 390 g/mol. The molecule has 1 aromatic heterocycles. The first-order chi connectivity index (χ1) is 14.8. The van der Waals surface area contributed by atoms with Gasteiger partial charge >= 0.3 is 0 Å². The van der Waals surface area contributed by atoms with Crippen molar-refractivity contribution in [1.82, 2.24) is 10.3 Å². The molecule has 0 fully saturated rings. The van der Waals surface area contributed by atoms with Crippen molar-refractivity contribution >= 4 is 5.91 Å². The van der Waals surface area contributed by atoms with Crippen molar-refractivity contribution < 1.29 is 15.0 Å². The van der Waals surface area contributed by atoms with E-state index in [4.69, 9.17) is 0 Å². The summed E-state index contributed by atoms with van der Waals surface area (Å²) in [6.07, 6.45) is 0.588. The van der Waals surface area contributed by atoms with Crippen LogP contribution in [-0.2, 0) is 0 Å². The molecule has 6 nitrogen and oxygen atoms in total. The minimum atomic E-state index is -1.14. The first-order valence-electron chi connectivity index (χ1n) is 10.0. The van der Waals surface area contributed by atoms with E-state index >= 15 is 0 Å². The third kappa shape index (κ3) is 5.15. The quantitative estimate of drug-likeness (QED) is 0.568. The van der Waals surface area contributed by atoms with Crippen LogP contribution >= 0.6 is 0 Å². The first-order valence-corrected chi connectivity index (χ1v) is 10.0. The lowest BCUT2D eigenvalue weighted by Crippen LogP contribution is -2.27. The summed E-state index contributed by atoms with van der Waals surface area (Å²) < 4.78 is 0. The lowest BCUT2D eigenvalue weighted by molar-refractivity contribution is 0.0928. The van der Waals surface area contributed by atoms with E-state index in [-0.39, 0.29) is 11.9 Å². The second kappa shape index (κ2) is 9.52. The maximum Gasteiger partial charge on any atom is 0.251 e. The van der Waals surface area contributed by atoms with Crippen LogP contribution in [0.25, 0.3) is 11.1 Å². The van der Waals surface area contributed by atoms with Crippen LogP contribution < -0.4 is 5.32 Å². The average molecular weight is 415 g/mol. The Morgan fingerprint density at radius 1 is 1.13 bits per heavy atom. The van der Waals surface area contributed by atoms with Gasteiger partial charge in [-0.1, -0.05) is 18.2 Å². The number of amides is 1. The number of aryl methyl sites for hydroxylation is 2. The lowest BCUT2D eigenvalue weighted by Gasteiger charge is -2.17. The van der Waals surface area contributed by atoms with Crippen molar-refractivity contribution in [2.75, 3.05) is 6.61 Å². The summed E-state index contributed by atoms with van der Waals surface area (Å²) in [7, 11) is 0. The monoisotopic (exact) mass is 415 g/mol. The average Bonchev–Trinajstić information content (AvgIpc) is 2.78. The van der Waals surface area contributed by atoms with Gasteiger partial charge in [0.2, 0.25) is 0 Å². The molecular formula is C25H25N3O3. The molecule has 0 saturated carbocycles. The van der Waals surface area contributed by atoms with Crippen LogP contribution in [0.2, 0.25) is 0 Å². The number of nitriles is 1. The second-order valence-corrected chi connectivity index (χ2v) is 7.63. The Morgan fingerprint density at radius 2 is 1.90 bits per heavy atom. The smallest absolute Gasteiger partial charge is 0.251 e. The fourth-order valence-corrected chi connectivity index (χ4v) is 3.34. The van der Waals surface area contributed by atoms with Crippen LogP contribution in [0, 0.1) is 25.2 Å². The van der Waals surface area contributed by atoms with Crippen molar-refractivity contribution in [3.8, 4) is 17.2 Å². The van der Waals surface area contributed by atoms with E-state index in [0.717, 1.165) is 16.8 Å². The molecule has 6 heteroatoms. The van der Waals surface area contributed by atoms with E-state index in [2.05, 4.69) is 16.4 Å². The van der Waals surface area contributed by atoms with Crippen LogP contribution in [0.3, 0.4) is 0 Å². The van der Waals surface area contributed by atoms with Crippen molar-refractivity contribution in [3.05, 3.63) is 88.2 Å². The molecule has 3 N–H and O–H groups in total. The van der Waals surface area contributed by atoms with Crippen molar-refractivity contribution in [3.63, 3.8) is 0 Å². The fourth-order valence-electron chi connectivity index (χ4n) is 3.34. The first kappa shape index (κ1) is 22.2. The van der Waals surface area contributed by atoms with E-state index in [1.165, 1.54) is 0 Å². The Bertz CT molecular complexity index is 1130. The van der Waals surface area contributed by atoms with Gasteiger partial charge in [0.25, 0.3) is 5.91 Å². The molecule has 2 atom stereocenters. The Kier molecular flexibility index (Phi) is 6.81. The molecule has 1 heterocycles.